The van der Waals surface area contributed by atoms with Crippen molar-refractivity contribution >= 4 is 22.4 Å². The first kappa shape index (κ1) is 12.8. The fourth-order valence-corrected chi connectivity index (χ4v) is 2.14. The third kappa shape index (κ3) is 2.58. The van der Waals surface area contributed by atoms with E-state index in [0.717, 1.165) is 10.8 Å². The van der Waals surface area contributed by atoms with E-state index >= 15 is 0 Å². The number of benzene rings is 2. The number of nitriles is 1. The van der Waals surface area contributed by atoms with E-state index in [1.165, 1.54) is 0 Å². The first-order valence-electron chi connectivity index (χ1n) is 6.42. The number of rotatable bonds is 2. The lowest BCUT2D eigenvalue weighted by atomic mass is 10.1. The minimum atomic E-state index is -0.196. The molecule has 0 aliphatic carbocycles. The molecule has 0 unspecified atom stereocenters. The van der Waals surface area contributed by atoms with Crippen molar-refractivity contribution in [3.63, 3.8) is 0 Å². The summed E-state index contributed by atoms with van der Waals surface area (Å²) in [6, 6.07) is 16.2. The molecule has 3 aromatic rings. The van der Waals surface area contributed by atoms with Crippen LogP contribution in [0.4, 0.5) is 5.69 Å². The van der Waals surface area contributed by atoms with E-state index in [-0.39, 0.29) is 5.91 Å². The van der Waals surface area contributed by atoms with E-state index in [9.17, 15) is 4.79 Å². The Morgan fingerprint density at radius 2 is 1.90 bits per heavy atom. The molecule has 1 N–H and O–H groups in total. The highest BCUT2D eigenvalue weighted by atomic mass is 16.1. The van der Waals surface area contributed by atoms with E-state index in [1.807, 2.05) is 24.3 Å². The molecule has 4 heteroatoms. The van der Waals surface area contributed by atoms with Gasteiger partial charge in [0.1, 0.15) is 0 Å². The number of nitrogens with one attached hydrogen (secondary N) is 1. The van der Waals surface area contributed by atoms with Crippen LogP contribution >= 0.6 is 0 Å². The molecule has 0 radical (unpaired) electrons. The molecular weight excluding hydrogens is 262 g/mol. The summed E-state index contributed by atoms with van der Waals surface area (Å²) in [4.78, 5) is 16.4. The van der Waals surface area contributed by atoms with Crippen LogP contribution < -0.4 is 5.32 Å². The average molecular weight is 273 g/mol. The Morgan fingerprint density at radius 3 is 2.67 bits per heavy atom. The summed E-state index contributed by atoms with van der Waals surface area (Å²) in [6.45, 7) is 0. The Morgan fingerprint density at radius 1 is 1.10 bits per heavy atom. The largest absolute Gasteiger partial charge is 0.322 e. The van der Waals surface area contributed by atoms with Crippen LogP contribution in [0.25, 0.3) is 10.8 Å². The van der Waals surface area contributed by atoms with E-state index in [2.05, 4.69) is 10.3 Å². The van der Waals surface area contributed by atoms with Gasteiger partial charge in [0.25, 0.3) is 5.91 Å². The molecule has 2 aromatic carbocycles. The highest BCUT2D eigenvalue weighted by molar-refractivity contribution is 6.12. The van der Waals surface area contributed by atoms with Crippen molar-refractivity contribution in [3.05, 3.63) is 72.1 Å². The fraction of sp³-hybridized carbons (Fsp3) is 0. The zero-order valence-electron chi connectivity index (χ0n) is 11.1. The molecule has 21 heavy (non-hydrogen) atoms. The van der Waals surface area contributed by atoms with E-state index in [1.54, 1.807) is 42.7 Å². The molecule has 1 aromatic heterocycles. The third-order valence-electron chi connectivity index (χ3n) is 3.20. The smallest absolute Gasteiger partial charge is 0.256 e. The Labute approximate surface area is 121 Å². The van der Waals surface area contributed by atoms with Crippen LogP contribution in [0.5, 0.6) is 0 Å². The minimum Gasteiger partial charge on any atom is -0.322 e. The van der Waals surface area contributed by atoms with Gasteiger partial charge in [0, 0.05) is 29.0 Å². The van der Waals surface area contributed by atoms with Crippen molar-refractivity contribution in [2.75, 3.05) is 5.32 Å². The summed E-state index contributed by atoms with van der Waals surface area (Å²) in [7, 11) is 0. The van der Waals surface area contributed by atoms with Gasteiger partial charge in [-0.15, -0.1) is 0 Å². The number of anilines is 1. The van der Waals surface area contributed by atoms with Crippen molar-refractivity contribution in [1.29, 1.82) is 5.26 Å². The van der Waals surface area contributed by atoms with Crippen LogP contribution in [-0.4, -0.2) is 10.9 Å². The molecule has 0 saturated heterocycles. The van der Waals surface area contributed by atoms with E-state index < -0.39 is 0 Å². The Hall–Kier alpha value is -3.19. The number of carbonyl (C=O) groups is 1. The zero-order chi connectivity index (χ0) is 14.7. The molecule has 0 aliphatic heterocycles. The second-order valence-electron chi connectivity index (χ2n) is 4.55. The van der Waals surface area contributed by atoms with Crippen LogP contribution in [0.2, 0.25) is 0 Å². The second kappa shape index (κ2) is 5.43. The molecule has 0 spiro atoms. The van der Waals surface area contributed by atoms with Gasteiger partial charge >= 0.3 is 0 Å². The highest BCUT2D eigenvalue weighted by Crippen LogP contribution is 2.19. The Bertz CT molecular complexity index is 843. The molecular formula is C17H11N3O. The molecule has 3 rings (SSSR count). The number of nitrogens with zero attached hydrogens (tertiary/aromatic N) is 2. The second-order valence-corrected chi connectivity index (χ2v) is 4.55. The zero-order valence-corrected chi connectivity index (χ0v) is 11.1. The van der Waals surface area contributed by atoms with Gasteiger partial charge in [-0.2, -0.15) is 5.26 Å². The number of aromatic nitrogens is 1. The maximum atomic E-state index is 12.4. The standard InChI is InChI=1S/C17H11N3O/c18-10-12-4-6-14(7-5-12)20-17(21)15-3-1-2-13-8-9-19-11-16(13)15/h1-9,11H,(H,20,21). The van der Waals surface area contributed by atoms with E-state index in [4.69, 9.17) is 5.26 Å². The van der Waals surface area contributed by atoms with Gasteiger partial charge in [0.05, 0.1) is 11.6 Å². The summed E-state index contributed by atoms with van der Waals surface area (Å²) in [5, 5.41) is 13.4. The van der Waals surface area contributed by atoms with Gasteiger partial charge in [-0.3, -0.25) is 9.78 Å². The predicted octanol–water partition coefficient (Wildman–Crippen LogP) is 3.36. The highest BCUT2D eigenvalue weighted by Gasteiger charge is 2.10. The average Bonchev–Trinajstić information content (AvgIpc) is 2.55. The van der Waals surface area contributed by atoms with Gasteiger partial charge in [-0.25, -0.2) is 0 Å². The number of amides is 1. The quantitative estimate of drug-likeness (QED) is 0.778. The van der Waals surface area contributed by atoms with Crippen molar-refractivity contribution in [2.45, 2.75) is 0 Å². The normalized spacial score (nSPS) is 10.0. The lowest BCUT2D eigenvalue weighted by molar-refractivity contribution is 0.102. The molecule has 1 amide bonds. The summed E-state index contributed by atoms with van der Waals surface area (Å²) in [6.07, 6.45) is 3.38. The molecule has 0 aliphatic rings. The molecule has 0 atom stereocenters. The first-order valence-corrected chi connectivity index (χ1v) is 6.42. The number of hydrogen-bond acceptors (Lipinski definition) is 3. The predicted molar refractivity (Wildman–Crippen MR) is 80.9 cm³/mol. The van der Waals surface area contributed by atoms with Gasteiger partial charge in [0.2, 0.25) is 0 Å². The van der Waals surface area contributed by atoms with Crippen molar-refractivity contribution in [3.8, 4) is 6.07 Å². The molecule has 0 saturated carbocycles. The van der Waals surface area contributed by atoms with E-state index in [0.29, 0.717) is 16.8 Å². The summed E-state index contributed by atoms with van der Waals surface area (Å²) in [5.41, 5.74) is 1.78. The van der Waals surface area contributed by atoms with Crippen LogP contribution in [0.1, 0.15) is 15.9 Å². The maximum absolute atomic E-state index is 12.4. The SMILES string of the molecule is N#Cc1ccc(NC(=O)c2cccc3ccncc23)cc1. The summed E-state index contributed by atoms with van der Waals surface area (Å²) < 4.78 is 0. The van der Waals surface area contributed by atoms with Crippen molar-refractivity contribution in [2.24, 2.45) is 0 Å². The van der Waals surface area contributed by atoms with Gasteiger partial charge in [-0.05, 0) is 41.8 Å². The molecule has 4 nitrogen and oxygen atoms in total. The Kier molecular flexibility index (Phi) is 3.32. The number of pyridine rings is 1. The topological polar surface area (TPSA) is 65.8 Å². The molecule has 1 heterocycles. The molecule has 0 fully saturated rings. The maximum Gasteiger partial charge on any atom is 0.256 e. The summed E-state index contributed by atoms with van der Waals surface area (Å²) in [5.74, 6) is -0.196. The van der Waals surface area contributed by atoms with Crippen LogP contribution in [0.3, 0.4) is 0 Å². The van der Waals surface area contributed by atoms with Crippen LogP contribution in [0, 0.1) is 11.3 Å². The fourth-order valence-electron chi connectivity index (χ4n) is 2.14. The summed E-state index contributed by atoms with van der Waals surface area (Å²) >= 11 is 0. The van der Waals surface area contributed by atoms with Crippen molar-refractivity contribution in [1.82, 2.24) is 4.98 Å². The Balaban J connectivity index is 1.92. The van der Waals surface area contributed by atoms with Gasteiger partial charge in [-0.1, -0.05) is 12.1 Å². The third-order valence-corrected chi connectivity index (χ3v) is 3.20. The van der Waals surface area contributed by atoms with Crippen LogP contribution in [0.15, 0.2) is 60.9 Å². The minimum absolute atomic E-state index is 0.196. The number of carbonyl (C=O) groups excluding carboxylic acids is 1. The molecule has 100 valence electrons. The lowest BCUT2D eigenvalue weighted by Gasteiger charge is -2.07. The number of fused-ring (bicyclic) bond motifs is 1. The number of hydrogen-bond donors (Lipinski definition) is 1. The van der Waals surface area contributed by atoms with Crippen molar-refractivity contribution < 1.29 is 4.79 Å². The van der Waals surface area contributed by atoms with Gasteiger partial charge in [0.15, 0.2) is 0 Å². The molecule has 0 bridgehead atoms. The monoisotopic (exact) mass is 273 g/mol. The van der Waals surface area contributed by atoms with Gasteiger partial charge < -0.3 is 5.32 Å². The lowest BCUT2D eigenvalue weighted by Crippen LogP contribution is -2.12. The van der Waals surface area contributed by atoms with Crippen LogP contribution in [-0.2, 0) is 0 Å². The first-order chi connectivity index (χ1) is 10.3.